The second-order valence-corrected chi connectivity index (χ2v) is 14.1. The Balaban J connectivity index is 1.47. The van der Waals surface area contributed by atoms with E-state index in [0.717, 1.165) is 34.4 Å². The summed E-state index contributed by atoms with van der Waals surface area (Å²) < 4.78 is 73.5. The van der Waals surface area contributed by atoms with Crippen molar-refractivity contribution in [2.24, 2.45) is 13.0 Å². The number of fused-ring (bicyclic) bond motifs is 3. The van der Waals surface area contributed by atoms with Crippen LogP contribution in [0.4, 0.5) is 13.2 Å². The highest BCUT2D eigenvalue weighted by Gasteiger charge is 2.43. The number of hydrogen-bond acceptors (Lipinski definition) is 7. The average molecular weight is 645 g/mol. The molecule has 0 saturated carbocycles. The summed E-state index contributed by atoms with van der Waals surface area (Å²) in [5.74, 6) is -1.12. The molecule has 1 aromatic heterocycles. The fourth-order valence-corrected chi connectivity index (χ4v) is 9.20. The molecule has 2 heterocycles. The third kappa shape index (κ3) is 5.45. The van der Waals surface area contributed by atoms with Crippen molar-refractivity contribution < 1.29 is 36.9 Å². The van der Waals surface area contributed by atoms with Crippen molar-refractivity contribution in [1.29, 1.82) is 0 Å². The third-order valence-corrected chi connectivity index (χ3v) is 11.1. The molecular formula is C32H35F3N4O5S. The molecule has 3 atom stereocenters. The van der Waals surface area contributed by atoms with Gasteiger partial charge in [0.05, 0.1) is 30.0 Å². The molecule has 0 spiro atoms. The quantitative estimate of drug-likeness (QED) is 0.203. The lowest BCUT2D eigenvalue weighted by atomic mass is 9.83. The molecule has 6 rings (SSSR count). The summed E-state index contributed by atoms with van der Waals surface area (Å²) in [6, 6.07) is 10.2. The lowest BCUT2D eigenvalue weighted by Gasteiger charge is -2.46. The van der Waals surface area contributed by atoms with E-state index in [1.54, 1.807) is 22.1 Å². The Labute approximate surface area is 260 Å². The van der Waals surface area contributed by atoms with Crippen molar-refractivity contribution in [3.8, 4) is 5.75 Å². The Morgan fingerprint density at radius 3 is 2.62 bits per heavy atom. The van der Waals surface area contributed by atoms with Gasteiger partial charge in [-0.2, -0.15) is 17.5 Å². The number of benzene rings is 3. The van der Waals surface area contributed by atoms with Crippen molar-refractivity contribution in [2.45, 2.75) is 62.6 Å². The highest BCUT2D eigenvalue weighted by Crippen LogP contribution is 2.61. The summed E-state index contributed by atoms with van der Waals surface area (Å²) in [4.78, 5) is 12.1. The SMILES string of the molecule is COc1cc(C(CC(=O)O)c2ccc(C)c3c2CCC3N2CC(C)Cc3ccc(C(F)(F)F)cc3S2(O)O)cc2nnn(C)c12. The number of ether oxygens (including phenoxy) is 1. The number of carboxylic acids is 1. The topological polar surface area (TPSA) is 121 Å². The number of aryl methyl sites for hydroxylation is 2. The van der Waals surface area contributed by atoms with E-state index in [9.17, 15) is 32.2 Å². The molecule has 4 aromatic rings. The van der Waals surface area contributed by atoms with E-state index in [2.05, 4.69) is 10.3 Å². The minimum atomic E-state index is -4.63. The lowest BCUT2D eigenvalue weighted by Crippen LogP contribution is -2.33. The monoisotopic (exact) mass is 644 g/mol. The third-order valence-electron chi connectivity index (χ3n) is 9.10. The first-order valence-electron chi connectivity index (χ1n) is 14.7. The van der Waals surface area contributed by atoms with Gasteiger partial charge in [0.25, 0.3) is 0 Å². The first-order valence-corrected chi connectivity index (χ1v) is 16.2. The predicted octanol–water partition coefficient (Wildman–Crippen LogP) is 7.12. The van der Waals surface area contributed by atoms with Crippen LogP contribution in [0.15, 0.2) is 47.4 Å². The van der Waals surface area contributed by atoms with Gasteiger partial charge in [0.2, 0.25) is 0 Å². The van der Waals surface area contributed by atoms with E-state index < -0.39 is 40.4 Å². The number of halogens is 3. The van der Waals surface area contributed by atoms with Gasteiger partial charge >= 0.3 is 12.1 Å². The van der Waals surface area contributed by atoms with Gasteiger partial charge in [-0.1, -0.05) is 30.3 Å². The Morgan fingerprint density at radius 1 is 1.18 bits per heavy atom. The fourth-order valence-electron chi connectivity index (χ4n) is 7.13. The van der Waals surface area contributed by atoms with E-state index in [1.807, 2.05) is 32.0 Å². The number of rotatable bonds is 6. The van der Waals surface area contributed by atoms with Crippen LogP contribution in [0.5, 0.6) is 5.75 Å². The molecule has 3 aromatic carbocycles. The van der Waals surface area contributed by atoms with Gasteiger partial charge in [-0.15, -0.1) is 15.9 Å². The minimum absolute atomic E-state index is 0.0624. The molecule has 0 fully saturated rings. The molecule has 0 bridgehead atoms. The average Bonchev–Trinajstić information content (AvgIpc) is 3.56. The van der Waals surface area contributed by atoms with Gasteiger partial charge in [-0.25, -0.2) is 4.68 Å². The fraction of sp³-hybridized carbons (Fsp3) is 0.406. The summed E-state index contributed by atoms with van der Waals surface area (Å²) >= 11 is 0. The van der Waals surface area contributed by atoms with Crippen LogP contribution >= 0.6 is 10.8 Å². The van der Waals surface area contributed by atoms with Crippen LogP contribution in [0.25, 0.3) is 11.0 Å². The number of aromatic nitrogens is 3. The van der Waals surface area contributed by atoms with E-state index in [-0.39, 0.29) is 23.8 Å². The summed E-state index contributed by atoms with van der Waals surface area (Å²) in [6.07, 6.45) is -3.40. The molecule has 9 nitrogen and oxygen atoms in total. The van der Waals surface area contributed by atoms with Gasteiger partial charge in [0, 0.05) is 19.5 Å². The molecule has 0 amide bonds. The normalized spacial score (nSPS) is 21.2. The lowest BCUT2D eigenvalue weighted by molar-refractivity contribution is -0.138. The van der Waals surface area contributed by atoms with Crippen molar-refractivity contribution >= 4 is 27.8 Å². The van der Waals surface area contributed by atoms with Gasteiger partial charge < -0.3 is 9.84 Å². The summed E-state index contributed by atoms with van der Waals surface area (Å²) in [5, 5.41) is 18.3. The molecule has 0 saturated heterocycles. The first kappa shape index (κ1) is 31.3. The van der Waals surface area contributed by atoms with Gasteiger partial charge in [0.15, 0.2) is 0 Å². The van der Waals surface area contributed by atoms with Crippen LogP contribution in [-0.2, 0) is 30.9 Å². The van der Waals surface area contributed by atoms with Crippen LogP contribution < -0.4 is 4.74 Å². The smallest absolute Gasteiger partial charge is 0.416 e. The van der Waals surface area contributed by atoms with Crippen molar-refractivity contribution in [3.05, 3.63) is 81.4 Å². The maximum atomic E-state index is 13.7. The zero-order chi connectivity index (χ0) is 32.4. The highest BCUT2D eigenvalue weighted by atomic mass is 32.3. The molecule has 1 aliphatic heterocycles. The van der Waals surface area contributed by atoms with Crippen molar-refractivity contribution in [1.82, 2.24) is 19.3 Å². The predicted molar refractivity (Wildman–Crippen MR) is 164 cm³/mol. The molecule has 45 heavy (non-hydrogen) atoms. The summed E-state index contributed by atoms with van der Waals surface area (Å²) in [7, 11) is -0.532. The Kier molecular flexibility index (Phi) is 7.87. The number of nitrogens with zero attached hydrogens (tertiary/aromatic N) is 4. The van der Waals surface area contributed by atoms with Crippen LogP contribution in [0.1, 0.15) is 70.7 Å². The number of carboxylic acid groups (broad SMARTS) is 1. The van der Waals surface area contributed by atoms with Crippen LogP contribution in [0.2, 0.25) is 0 Å². The van der Waals surface area contributed by atoms with E-state index in [1.165, 1.54) is 13.2 Å². The molecule has 0 radical (unpaired) electrons. The second-order valence-electron chi connectivity index (χ2n) is 12.1. The molecular weight excluding hydrogens is 609 g/mol. The summed E-state index contributed by atoms with van der Waals surface area (Å²) in [5.41, 5.74) is 4.97. The molecule has 13 heteroatoms. The molecule has 3 N–H and O–H groups in total. The largest absolute Gasteiger partial charge is 0.494 e. The number of aliphatic carboxylic acids is 1. The maximum absolute atomic E-state index is 13.7. The Bertz CT molecular complexity index is 1810. The molecule has 2 aliphatic rings. The summed E-state index contributed by atoms with van der Waals surface area (Å²) in [6.45, 7) is 4.14. The number of carbonyl (C=O) groups is 1. The highest BCUT2D eigenvalue weighted by molar-refractivity contribution is 8.22. The number of alkyl halides is 3. The number of hydrogen-bond donors (Lipinski definition) is 3. The second kappa shape index (κ2) is 11.3. The maximum Gasteiger partial charge on any atom is 0.416 e. The van der Waals surface area contributed by atoms with Gasteiger partial charge in [-0.05, 0) is 89.8 Å². The molecule has 3 unspecified atom stereocenters. The van der Waals surface area contributed by atoms with Crippen LogP contribution in [0.3, 0.4) is 0 Å². The molecule has 240 valence electrons. The van der Waals surface area contributed by atoms with E-state index >= 15 is 0 Å². The van der Waals surface area contributed by atoms with Crippen LogP contribution in [0, 0.1) is 12.8 Å². The standard InChI is InChI=1S/C32H35F3N4O5S/c1-17-11-19-6-7-21(32(33,34)35)14-28(19)45(42,43)39(16-17)26-10-9-23-22(8-5-18(2)30(23)26)24(15-29(40)41)20-12-25-31(27(13-20)44-4)38(3)37-36-25/h5-8,12-14,17,24,26,42-43H,9-11,15-16H2,1-4H3,(H,40,41). The zero-order valence-electron chi connectivity index (χ0n) is 25.3. The van der Waals surface area contributed by atoms with Crippen LogP contribution in [-0.4, -0.2) is 53.1 Å². The zero-order valence-corrected chi connectivity index (χ0v) is 26.1. The van der Waals surface area contributed by atoms with E-state index in [4.69, 9.17) is 4.74 Å². The first-order chi connectivity index (χ1) is 21.2. The van der Waals surface area contributed by atoms with Gasteiger partial charge in [-0.3, -0.25) is 13.9 Å². The van der Waals surface area contributed by atoms with Gasteiger partial charge in [0.1, 0.15) is 16.8 Å². The minimum Gasteiger partial charge on any atom is -0.494 e. The Morgan fingerprint density at radius 2 is 1.93 bits per heavy atom. The number of methoxy groups -OCH3 is 1. The van der Waals surface area contributed by atoms with Crippen molar-refractivity contribution in [3.63, 3.8) is 0 Å². The Hall–Kier alpha value is -3.65. The molecule has 1 aliphatic carbocycles. The van der Waals surface area contributed by atoms with Crippen molar-refractivity contribution in [2.75, 3.05) is 13.7 Å². The van der Waals surface area contributed by atoms with E-state index in [0.29, 0.717) is 47.2 Å².